The molecule has 0 radical (unpaired) electrons. The minimum atomic E-state index is -0.629. The number of hydrogen-bond donors (Lipinski definition) is 1. The first kappa shape index (κ1) is 15.2. The maximum atomic E-state index is 12.7. The van der Waals surface area contributed by atoms with Gasteiger partial charge in [0.15, 0.2) is 0 Å². The lowest BCUT2D eigenvalue weighted by molar-refractivity contribution is 0.0721. The average Bonchev–Trinajstić information content (AvgIpc) is 2.97. The van der Waals surface area contributed by atoms with Gasteiger partial charge in [-0.2, -0.15) is 0 Å². The normalized spacial score (nSPS) is 22.0. The highest BCUT2D eigenvalue weighted by Crippen LogP contribution is 2.26. The second kappa shape index (κ2) is 7.02. The maximum Gasteiger partial charge on any atom is 0.107 e. The van der Waals surface area contributed by atoms with Gasteiger partial charge in [0, 0.05) is 33.0 Å². The summed E-state index contributed by atoms with van der Waals surface area (Å²) in [5, 5.41) is 0. The largest absolute Gasteiger partial charge is 0.380 e. The van der Waals surface area contributed by atoms with Crippen LogP contribution in [0.1, 0.15) is 18.1 Å². The Hall–Kier alpha value is -1.17. The van der Waals surface area contributed by atoms with Gasteiger partial charge in [0.2, 0.25) is 0 Å². The van der Waals surface area contributed by atoms with Crippen LogP contribution in [0.5, 0.6) is 0 Å². The first-order valence-electron chi connectivity index (χ1n) is 6.91. The highest BCUT2D eigenvalue weighted by molar-refractivity contribution is 5.49. The Labute approximate surface area is 119 Å². The number of benzene rings is 1. The van der Waals surface area contributed by atoms with Crippen LogP contribution in [0.4, 0.5) is 10.1 Å². The van der Waals surface area contributed by atoms with Crippen molar-refractivity contribution in [3.05, 3.63) is 29.8 Å². The fourth-order valence-electron chi connectivity index (χ4n) is 2.67. The molecule has 0 aliphatic carbocycles. The summed E-state index contributed by atoms with van der Waals surface area (Å²) in [6.07, 6.45) is 0.951. The summed E-state index contributed by atoms with van der Waals surface area (Å²) in [5.74, 6) is 0. The topological polar surface area (TPSA) is 47.7 Å². The Morgan fingerprint density at radius 2 is 2.05 bits per heavy atom. The van der Waals surface area contributed by atoms with E-state index in [-0.39, 0.29) is 0 Å². The molecule has 4 nitrogen and oxygen atoms in total. The number of rotatable bonds is 6. The van der Waals surface area contributed by atoms with E-state index in [1.165, 1.54) is 0 Å². The lowest BCUT2D eigenvalue weighted by Crippen LogP contribution is -2.31. The Morgan fingerprint density at radius 1 is 1.35 bits per heavy atom. The fourth-order valence-corrected chi connectivity index (χ4v) is 2.67. The van der Waals surface area contributed by atoms with Crippen LogP contribution in [0, 0.1) is 0 Å². The zero-order valence-electron chi connectivity index (χ0n) is 12.1. The summed E-state index contributed by atoms with van der Waals surface area (Å²) in [5.41, 5.74) is 7.79. The molecule has 2 N–H and O–H groups in total. The zero-order valence-corrected chi connectivity index (χ0v) is 12.1. The smallest absolute Gasteiger partial charge is 0.107 e. The molecule has 0 aromatic heterocycles. The number of ether oxygens (including phenoxy) is 2. The van der Waals surface area contributed by atoms with Crippen LogP contribution in [0.2, 0.25) is 0 Å². The van der Waals surface area contributed by atoms with Gasteiger partial charge in [-0.15, -0.1) is 0 Å². The Balaban J connectivity index is 2.06. The Morgan fingerprint density at radius 3 is 2.55 bits per heavy atom. The maximum absolute atomic E-state index is 12.7. The van der Waals surface area contributed by atoms with Crippen molar-refractivity contribution in [2.24, 2.45) is 5.73 Å². The van der Waals surface area contributed by atoms with Gasteiger partial charge in [-0.25, -0.2) is 4.39 Å². The highest BCUT2D eigenvalue weighted by atomic mass is 19.1. The number of anilines is 1. The average molecular weight is 282 g/mol. The number of nitrogens with zero attached hydrogens (tertiary/aromatic N) is 1. The summed E-state index contributed by atoms with van der Waals surface area (Å²) in [7, 11) is 3.30. The van der Waals surface area contributed by atoms with Crippen molar-refractivity contribution in [2.45, 2.75) is 24.7 Å². The van der Waals surface area contributed by atoms with Crippen molar-refractivity contribution in [3.8, 4) is 0 Å². The molecule has 1 fully saturated rings. The van der Waals surface area contributed by atoms with Crippen LogP contribution in [0.3, 0.4) is 0 Å². The molecule has 3 unspecified atom stereocenters. The van der Waals surface area contributed by atoms with Gasteiger partial charge >= 0.3 is 0 Å². The van der Waals surface area contributed by atoms with Crippen LogP contribution >= 0.6 is 0 Å². The molecule has 3 atom stereocenters. The molecule has 0 spiro atoms. The van der Waals surface area contributed by atoms with Gasteiger partial charge in [0.05, 0.1) is 18.2 Å². The number of alkyl halides is 1. The van der Waals surface area contributed by atoms with Crippen molar-refractivity contribution < 1.29 is 13.9 Å². The monoisotopic (exact) mass is 282 g/mol. The van der Waals surface area contributed by atoms with E-state index in [0.29, 0.717) is 6.10 Å². The van der Waals surface area contributed by atoms with Crippen LogP contribution in [0.25, 0.3) is 0 Å². The molecule has 1 heterocycles. The van der Waals surface area contributed by atoms with Crippen molar-refractivity contribution >= 4 is 5.69 Å². The van der Waals surface area contributed by atoms with E-state index in [9.17, 15) is 4.39 Å². The van der Waals surface area contributed by atoms with Gasteiger partial charge in [-0.05, 0) is 24.1 Å². The summed E-state index contributed by atoms with van der Waals surface area (Å²) >= 11 is 0. The molecule has 2 rings (SSSR count). The molecule has 0 amide bonds. The van der Waals surface area contributed by atoms with Crippen LogP contribution < -0.4 is 10.6 Å². The summed E-state index contributed by atoms with van der Waals surface area (Å²) in [4.78, 5) is 2.29. The van der Waals surface area contributed by atoms with Gasteiger partial charge in [-0.1, -0.05) is 12.1 Å². The molecule has 1 aromatic rings. The van der Waals surface area contributed by atoms with E-state index in [2.05, 4.69) is 4.90 Å². The van der Waals surface area contributed by atoms with E-state index in [4.69, 9.17) is 15.2 Å². The standard InChI is InChI=1S/C15H23FN2O2/c1-19-13-7-8-18(10-13)12-5-3-11(4-6-12)15(20-2)14(17)9-16/h3-6,13-15H,7-10,17H2,1-2H3. The van der Waals surface area contributed by atoms with E-state index < -0.39 is 18.8 Å². The molecule has 1 saturated heterocycles. The molecule has 1 aliphatic heterocycles. The summed E-state index contributed by atoms with van der Waals surface area (Å²) < 4.78 is 23.3. The van der Waals surface area contributed by atoms with Gasteiger partial charge in [-0.3, -0.25) is 0 Å². The lowest BCUT2D eigenvalue weighted by Gasteiger charge is -2.22. The third-order valence-electron chi connectivity index (χ3n) is 3.89. The molecule has 5 heteroatoms. The summed E-state index contributed by atoms with van der Waals surface area (Å²) in [6.45, 7) is 1.31. The second-order valence-electron chi connectivity index (χ2n) is 5.16. The molecular formula is C15H23FN2O2. The van der Waals surface area contributed by atoms with Crippen molar-refractivity contribution in [2.75, 3.05) is 38.9 Å². The molecule has 1 aromatic carbocycles. The predicted octanol–water partition coefficient (Wildman–Crippen LogP) is 1.90. The van der Waals surface area contributed by atoms with Crippen LogP contribution in [0.15, 0.2) is 24.3 Å². The minimum Gasteiger partial charge on any atom is -0.380 e. The molecule has 112 valence electrons. The van der Waals surface area contributed by atoms with E-state index in [0.717, 1.165) is 30.8 Å². The molecular weight excluding hydrogens is 259 g/mol. The van der Waals surface area contributed by atoms with Crippen LogP contribution in [-0.4, -0.2) is 46.1 Å². The third kappa shape index (κ3) is 3.29. The highest BCUT2D eigenvalue weighted by Gasteiger charge is 2.23. The Bertz CT molecular complexity index is 413. The van der Waals surface area contributed by atoms with Gasteiger partial charge < -0.3 is 20.1 Å². The second-order valence-corrected chi connectivity index (χ2v) is 5.16. The first-order valence-corrected chi connectivity index (χ1v) is 6.91. The molecule has 20 heavy (non-hydrogen) atoms. The van der Waals surface area contributed by atoms with E-state index in [1.54, 1.807) is 14.2 Å². The minimum absolute atomic E-state index is 0.307. The SMILES string of the molecule is COC1CCN(c2ccc(C(OC)C(N)CF)cc2)C1. The van der Waals surface area contributed by atoms with Crippen LogP contribution in [-0.2, 0) is 9.47 Å². The van der Waals surface area contributed by atoms with Crippen molar-refractivity contribution in [3.63, 3.8) is 0 Å². The number of hydrogen-bond acceptors (Lipinski definition) is 4. The zero-order chi connectivity index (χ0) is 14.5. The van der Waals surface area contributed by atoms with Gasteiger partial charge in [0.25, 0.3) is 0 Å². The van der Waals surface area contributed by atoms with E-state index >= 15 is 0 Å². The predicted molar refractivity (Wildman–Crippen MR) is 77.8 cm³/mol. The van der Waals surface area contributed by atoms with Gasteiger partial charge in [0.1, 0.15) is 6.67 Å². The number of methoxy groups -OCH3 is 2. The third-order valence-corrected chi connectivity index (χ3v) is 3.89. The molecule has 0 bridgehead atoms. The lowest BCUT2D eigenvalue weighted by atomic mass is 10.0. The fraction of sp³-hybridized carbons (Fsp3) is 0.600. The summed E-state index contributed by atoms with van der Waals surface area (Å²) in [6, 6.07) is 7.35. The number of halogens is 1. The first-order chi connectivity index (χ1) is 9.69. The molecule has 0 saturated carbocycles. The number of nitrogens with two attached hydrogens (primary N) is 1. The van der Waals surface area contributed by atoms with Crippen molar-refractivity contribution in [1.29, 1.82) is 0 Å². The molecule has 1 aliphatic rings. The van der Waals surface area contributed by atoms with E-state index in [1.807, 2.05) is 24.3 Å². The quantitative estimate of drug-likeness (QED) is 0.865. The van der Waals surface area contributed by atoms with Crippen molar-refractivity contribution in [1.82, 2.24) is 0 Å². The Kier molecular flexibility index (Phi) is 5.34.